The average Bonchev–Trinajstić information content (AvgIpc) is 2.16. The van der Waals surface area contributed by atoms with Crippen LogP contribution in [-0.2, 0) is 0 Å². The molecule has 68 valence electrons. The first-order chi connectivity index (χ1) is 6.27. The first-order valence-electron chi connectivity index (χ1n) is 4.00. The Morgan fingerprint density at radius 3 is 2.54 bits per heavy atom. The molecule has 0 aromatic heterocycles. The van der Waals surface area contributed by atoms with Gasteiger partial charge in [0.05, 0.1) is 0 Å². The minimum absolute atomic E-state index is 0.620. The van der Waals surface area contributed by atoms with Crippen molar-refractivity contribution in [2.24, 2.45) is 10.9 Å². The van der Waals surface area contributed by atoms with Gasteiger partial charge < -0.3 is 11.2 Å². The van der Waals surface area contributed by atoms with Crippen molar-refractivity contribution in [3.63, 3.8) is 0 Å². The number of nitrogens with two attached hydrogens (primary N) is 1. The molecule has 0 aliphatic heterocycles. The molecule has 0 saturated heterocycles. The number of benzene rings is 1. The molecule has 0 atom stereocenters. The number of aryl methyl sites for hydroxylation is 1. The SMILES string of the molecule is C=CN/C(=N\N)c1ccc(C)cc1. The van der Waals surface area contributed by atoms with E-state index in [1.54, 1.807) is 6.20 Å². The molecule has 1 rings (SSSR count). The van der Waals surface area contributed by atoms with Crippen molar-refractivity contribution in [2.75, 3.05) is 0 Å². The second-order valence-electron chi connectivity index (χ2n) is 2.69. The fourth-order valence-corrected chi connectivity index (χ4v) is 1.00. The molecule has 0 aliphatic carbocycles. The Bertz CT molecular complexity index is 311. The second-order valence-corrected chi connectivity index (χ2v) is 2.69. The van der Waals surface area contributed by atoms with E-state index in [0.717, 1.165) is 5.56 Å². The predicted molar refractivity (Wildman–Crippen MR) is 55.2 cm³/mol. The highest BCUT2D eigenvalue weighted by molar-refractivity contribution is 5.99. The summed E-state index contributed by atoms with van der Waals surface area (Å²) >= 11 is 0. The van der Waals surface area contributed by atoms with Crippen LogP contribution in [0.25, 0.3) is 0 Å². The van der Waals surface area contributed by atoms with Crippen LogP contribution in [0.2, 0.25) is 0 Å². The summed E-state index contributed by atoms with van der Waals surface area (Å²) in [5, 5.41) is 6.47. The van der Waals surface area contributed by atoms with Crippen LogP contribution in [0.4, 0.5) is 0 Å². The Balaban J connectivity index is 2.92. The summed E-state index contributed by atoms with van der Waals surface area (Å²) in [7, 11) is 0. The first kappa shape index (κ1) is 9.32. The number of nitrogens with one attached hydrogen (secondary N) is 1. The topological polar surface area (TPSA) is 50.4 Å². The van der Waals surface area contributed by atoms with Crippen LogP contribution in [-0.4, -0.2) is 5.84 Å². The molecule has 3 heteroatoms. The molecule has 0 saturated carbocycles. The number of nitrogens with zero attached hydrogens (tertiary/aromatic N) is 1. The molecule has 3 nitrogen and oxygen atoms in total. The first-order valence-corrected chi connectivity index (χ1v) is 4.00. The van der Waals surface area contributed by atoms with E-state index in [4.69, 9.17) is 5.84 Å². The maximum Gasteiger partial charge on any atom is 0.156 e. The molecule has 0 aliphatic rings. The highest BCUT2D eigenvalue weighted by atomic mass is 15.2. The monoisotopic (exact) mass is 175 g/mol. The normalized spacial score (nSPS) is 11.0. The molecular formula is C10H13N3. The molecule has 0 radical (unpaired) electrons. The third-order valence-electron chi connectivity index (χ3n) is 1.69. The second kappa shape index (κ2) is 4.30. The van der Waals surface area contributed by atoms with E-state index < -0.39 is 0 Å². The van der Waals surface area contributed by atoms with Crippen molar-refractivity contribution in [1.29, 1.82) is 0 Å². The van der Waals surface area contributed by atoms with E-state index >= 15 is 0 Å². The van der Waals surface area contributed by atoms with Crippen molar-refractivity contribution < 1.29 is 0 Å². The maximum absolute atomic E-state index is 5.21. The third kappa shape index (κ3) is 2.33. The van der Waals surface area contributed by atoms with E-state index in [2.05, 4.69) is 17.0 Å². The lowest BCUT2D eigenvalue weighted by Crippen LogP contribution is -2.19. The van der Waals surface area contributed by atoms with Crippen molar-refractivity contribution in [3.05, 3.63) is 48.2 Å². The van der Waals surface area contributed by atoms with Crippen LogP contribution in [0.1, 0.15) is 11.1 Å². The molecule has 0 unspecified atom stereocenters. The Kier molecular flexibility index (Phi) is 3.09. The zero-order valence-corrected chi connectivity index (χ0v) is 7.62. The lowest BCUT2D eigenvalue weighted by molar-refractivity contribution is 1.16. The van der Waals surface area contributed by atoms with E-state index in [1.165, 1.54) is 5.56 Å². The van der Waals surface area contributed by atoms with Gasteiger partial charge in [-0.15, -0.1) is 0 Å². The third-order valence-corrected chi connectivity index (χ3v) is 1.69. The fraction of sp³-hybridized carbons (Fsp3) is 0.100. The molecule has 13 heavy (non-hydrogen) atoms. The Hall–Kier alpha value is -1.77. The van der Waals surface area contributed by atoms with Gasteiger partial charge in [0.15, 0.2) is 5.84 Å². The Labute approximate surface area is 78.0 Å². The van der Waals surface area contributed by atoms with Gasteiger partial charge in [0.2, 0.25) is 0 Å². The summed E-state index contributed by atoms with van der Waals surface area (Å²) in [6, 6.07) is 7.92. The average molecular weight is 175 g/mol. The zero-order chi connectivity index (χ0) is 9.68. The number of rotatable bonds is 2. The Morgan fingerprint density at radius 2 is 2.08 bits per heavy atom. The molecular weight excluding hydrogens is 162 g/mol. The van der Waals surface area contributed by atoms with Crippen LogP contribution in [0.5, 0.6) is 0 Å². The van der Waals surface area contributed by atoms with E-state index in [9.17, 15) is 0 Å². The van der Waals surface area contributed by atoms with Crippen LogP contribution in [0, 0.1) is 6.92 Å². The van der Waals surface area contributed by atoms with Crippen molar-refractivity contribution >= 4 is 5.84 Å². The van der Waals surface area contributed by atoms with Gasteiger partial charge in [-0.3, -0.25) is 0 Å². The van der Waals surface area contributed by atoms with Gasteiger partial charge in [0.25, 0.3) is 0 Å². The van der Waals surface area contributed by atoms with Gasteiger partial charge in [-0.05, 0) is 13.1 Å². The van der Waals surface area contributed by atoms with Gasteiger partial charge in [-0.1, -0.05) is 36.4 Å². The standard InChI is InChI=1S/C10H13N3/c1-3-12-10(13-11)9-6-4-8(2)5-7-9/h3-7H,1,11H2,2H3,(H,12,13). The largest absolute Gasteiger partial charge is 0.345 e. The van der Waals surface area contributed by atoms with Crippen LogP contribution in [0.15, 0.2) is 42.1 Å². The molecule has 0 heterocycles. The summed E-state index contributed by atoms with van der Waals surface area (Å²) in [6.45, 7) is 5.58. The number of hydrogen-bond acceptors (Lipinski definition) is 2. The maximum atomic E-state index is 5.21. The zero-order valence-electron chi connectivity index (χ0n) is 7.62. The van der Waals surface area contributed by atoms with Gasteiger partial charge in [-0.2, -0.15) is 5.10 Å². The number of hydrogen-bond donors (Lipinski definition) is 2. The summed E-state index contributed by atoms with van der Waals surface area (Å²) in [5.41, 5.74) is 2.16. The van der Waals surface area contributed by atoms with Crippen molar-refractivity contribution in [3.8, 4) is 0 Å². The minimum atomic E-state index is 0.620. The summed E-state index contributed by atoms with van der Waals surface area (Å²) < 4.78 is 0. The molecule has 0 amide bonds. The molecule has 1 aromatic rings. The highest BCUT2D eigenvalue weighted by Gasteiger charge is 1.98. The number of hydrazone groups is 1. The van der Waals surface area contributed by atoms with Crippen LogP contribution in [0.3, 0.4) is 0 Å². The molecule has 3 N–H and O–H groups in total. The fourth-order valence-electron chi connectivity index (χ4n) is 1.00. The van der Waals surface area contributed by atoms with Crippen molar-refractivity contribution in [2.45, 2.75) is 6.92 Å². The quantitative estimate of drug-likeness (QED) is 0.308. The van der Waals surface area contributed by atoms with Gasteiger partial charge in [0, 0.05) is 5.56 Å². The summed E-state index contributed by atoms with van der Waals surface area (Å²) in [4.78, 5) is 0. The smallest absolute Gasteiger partial charge is 0.156 e. The molecule has 0 spiro atoms. The van der Waals surface area contributed by atoms with E-state index in [1.807, 2.05) is 31.2 Å². The lowest BCUT2D eigenvalue weighted by Gasteiger charge is -2.04. The molecule has 0 fully saturated rings. The summed E-state index contributed by atoms with van der Waals surface area (Å²) in [5.74, 6) is 5.83. The predicted octanol–water partition coefficient (Wildman–Crippen LogP) is 1.35. The van der Waals surface area contributed by atoms with E-state index in [-0.39, 0.29) is 0 Å². The minimum Gasteiger partial charge on any atom is -0.345 e. The summed E-state index contributed by atoms with van der Waals surface area (Å²) in [6.07, 6.45) is 1.55. The van der Waals surface area contributed by atoms with Gasteiger partial charge >= 0.3 is 0 Å². The van der Waals surface area contributed by atoms with Crippen LogP contribution >= 0.6 is 0 Å². The number of amidine groups is 1. The Morgan fingerprint density at radius 1 is 1.46 bits per heavy atom. The van der Waals surface area contributed by atoms with Crippen LogP contribution < -0.4 is 11.2 Å². The lowest BCUT2D eigenvalue weighted by atomic mass is 10.1. The molecule has 1 aromatic carbocycles. The van der Waals surface area contributed by atoms with Crippen molar-refractivity contribution in [1.82, 2.24) is 5.32 Å². The van der Waals surface area contributed by atoms with Gasteiger partial charge in [0.1, 0.15) is 0 Å². The van der Waals surface area contributed by atoms with Gasteiger partial charge in [-0.25, -0.2) is 0 Å². The highest BCUT2D eigenvalue weighted by Crippen LogP contribution is 2.02. The van der Waals surface area contributed by atoms with E-state index in [0.29, 0.717) is 5.84 Å². The molecule has 0 bridgehead atoms.